The summed E-state index contributed by atoms with van der Waals surface area (Å²) in [5.74, 6) is -0.551. The number of furan rings is 1. The van der Waals surface area contributed by atoms with E-state index in [1.165, 1.54) is 37.4 Å². The molecule has 0 aliphatic heterocycles. The normalized spacial score (nSPS) is 10.8. The molecule has 1 N–H and O–H groups in total. The highest BCUT2D eigenvalue weighted by molar-refractivity contribution is 6.32. The van der Waals surface area contributed by atoms with Crippen LogP contribution in [0.1, 0.15) is 26.5 Å². The van der Waals surface area contributed by atoms with E-state index in [4.69, 9.17) is 20.8 Å². The molecule has 1 heterocycles. The zero-order valence-electron chi connectivity index (χ0n) is 16.4. The fraction of sp³-hybridized carbons (Fsp3) is 0.0833. The minimum atomic E-state index is -0.420. The Morgan fingerprint density at radius 2 is 1.74 bits per heavy atom. The quantitative estimate of drug-likeness (QED) is 0.372. The maximum atomic E-state index is 13.2. The monoisotopic (exact) mass is 437 g/mol. The Bertz CT molecular complexity index is 1280. The van der Waals surface area contributed by atoms with Crippen molar-refractivity contribution in [2.24, 2.45) is 0 Å². The van der Waals surface area contributed by atoms with Gasteiger partial charge in [0, 0.05) is 16.5 Å². The first-order valence-electron chi connectivity index (χ1n) is 9.40. The number of halogens is 2. The molecular formula is C24H17ClFNO4. The lowest BCUT2D eigenvalue weighted by molar-refractivity contribution is 0.0997. The molecule has 0 atom stereocenters. The molecule has 31 heavy (non-hydrogen) atoms. The van der Waals surface area contributed by atoms with E-state index in [0.717, 1.165) is 0 Å². The van der Waals surface area contributed by atoms with E-state index in [-0.39, 0.29) is 18.1 Å². The fourth-order valence-corrected chi connectivity index (χ4v) is 3.48. The van der Waals surface area contributed by atoms with E-state index >= 15 is 0 Å². The van der Waals surface area contributed by atoms with Crippen LogP contribution in [0.15, 0.2) is 71.1 Å². The number of ketones is 2. The first-order chi connectivity index (χ1) is 15.0. The summed E-state index contributed by atoms with van der Waals surface area (Å²) in [7, 11) is 1.49. The summed E-state index contributed by atoms with van der Waals surface area (Å²) >= 11 is 6.17. The van der Waals surface area contributed by atoms with E-state index in [1.807, 2.05) is 6.07 Å². The minimum absolute atomic E-state index is 0.0642. The molecule has 0 saturated carbocycles. The zero-order chi connectivity index (χ0) is 22.0. The third-order valence-electron chi connectivity index (χ3n) is 4.81. The molecule has 3 aromatic carbocycles. The number of hydrogen-bond donors (Lipinski definition) is 1. The Balaban J connectivity index is 1.67. The van der Waals surface area contributed by atoms with E-state index in [2.05, 4.69) is 5.32 Å². The molecule has 5 nitrogen and oxygen atoms in total. The van der Waals surface area contributed by atoms with Crippen molar-refractivity contribution in [1.29, 1.82) is 0 Å². The number of fused-ring (bicyclic) bond motifs is 1. The molecule has 0 bridgehead atoms. The van der Waals surface area contributed by atoms with Crippen LogP contribution >= 0.6 is 11.6 Å². The van der Waals surface area contributed by atoms with Crippen molar-refractivity contribution < 1.29 is 23.1 Å². The number of anilines is 1. The molecule has 0 unspecified atom stereocenters. The second-order valence-electron chi connectivity index (χ2n) is 6.76. The summed E-state index contributed by atoms with van der Waals surface area (Å²) in [6.07, 6.45) is 0. The van der Waals surface area contributed by atoms with E-state index in [1.54, 1.807) is 30.3 Å². The van der Waals surface area contributed by atoms with Crippen molar-refractivity contribution in [2.75, 3.05) is 19.0 Å². The first kappa shape index (κ1) is 20.6. The SMILES string of the molecule is COc1ccc(C(=O)c2oc3ccccc3c2NCC(=O)c2ccc(F)cc2)cc1Cl. The Morgan fingerprint density at radius 1 is 1.03 bits per heavy atom. The van der Waals surface area contributed by atoms with Crippen LogP contribution in [0, 0.1) is 5.82 Å². The van der Waals surface area contributed by atoms with Crippen LogP contribution < -0.4 is 10.1 Å². The highest BCUT2D eigenvalue weighted by Crippen LogP contribution is 2.34. The number of para-hydroxylation sites is 1. The Hall–Kier alpha value is -3.64. The molecule has 0 fully saturated rings. The average Bonchev–Trinajstić information content (AvgIpc) is 3.16. The standard InChI is InChI=1S/C24H17ClFNO4/c1-30-21-11-8-15(12-18(21)25)23(29)24-22(17-4-2-3-5-20(17)31-24)27-13-19(28)14-6-9-16(26)10-7-14/h2-12,27H,13H2,1H3. The van der Waals surface area contributed by atoms with Crippen LogP contribution in [0.2, 0.25) is 5.02 Å². The average molecular weight is 438 g/mol. The molecule has 4 rings (SSSR count). The molecular weight excluding hydrogens is 421 g/mol. The maximum absolute atomic E-state index is 13.2. The van der Waals surface area contributed by atoms with Gasteiger partial charge in [-0.1, -0.05) is 23.7 Å². The van der Waals surface area contributed by atoms with Gasteiger partial charge in [-0.2, -0.15) is 0 Å². The molecule has 0 radical (unpaired) electrons. The van der Waals surface area contributed by atoms with Gasteiger partial charge >= 0.3 is 0 Å². The number of benzene rings is 3. The summed E-state index contributed by atoms with van der Waals surface area (Å²) in [5, 5.41) is 3.98. The van der Waals surface area contributed by atoms with Gasteiger partial charge in [0.05, 0.1) is 24.4 Å². The van der Waals surface area contributed by atoms with Crippen LogP contribution in [0.5, 0.6) is 5.75 Å². The fourth-order valence-electron chi connectivity index (χ4n) is 3.23. The van der Waals surface area contributed by atoms with Gasteiger partial charge in [-0.25, -0.2) is 4.39 Å². The maximum Gasteiger partial charge on any atom is 0.230 e. The summed E-state index contributed by atoms with van der Waals surface area (Å²) in [4.78, 5) is 25.7. The molecule has 0 spiro atoms. The van der Waals surface area contributed by atoms with Crippen molar-refractivity contribution >= 4 is 39.8 Å². The molecule has 0 amide bonds. The van der Waals surface area contributed by atoms with Gasteiger partial charge in [-0.05, 0) is 54.6 Å². The topological polar surface area (TPSA) is 68.5 Å². The van der Waals surface area contributed by atoms with Crippen molar-refractivity contribution in [2.45, 2.75) is 0 Å². The van der Waals surface area contributed by atoms with Gasteiger partial charge in [0.2, 0.25) is 5.78 Å². The predicted octanol–water partition coefficient (Wildman–Crippen LogP) is 5.76. The molecule has 0 aliphatic rings. The third kappa shape index (κ3) is 4.15. The predicted molar refractivity (Wildman–Crippen MR) is 117 cm³/mol. The lowest BCUT2D eigenvalue weighted by atomic mass is 10.1. The van der Waals surface area contributed by atoms with E-state index in [9.17, 15) is 14.0 Å². The molecule has 156 valence electrons. The third-order valence-corrected chi connectivity index (χ3v) is 5.10. The summed E-state index contributed by atoms with van der Waals surface area (Å²) in [5.41, 5.74) is 1.58. The Kier molecular flexibility index (Phi) is 5.73. The van der Waals surface area contributed by atoms with Crippen molar-refractivity contribution in [3.8, 4) is 5.75 Å². The summed E-state index contributed by atoms with van der Waals surface area (Å²) in [6, 6.07) is 17.1. The van der Waals surface area contributed by atoms with Crippen LogP contribution in [0.3, 0.4) is 0 Å². The van der Waals surface area contributed by atoms with Gasteiger partial charge in [0.25, 0.3) is 0 Å². The van der Waals surface area contributed by atoms with Crippen LogP contribution in [0.25, 0.3) is 11.0 Å². The number of rotatable bonds is 7. The Morgan fingerprint density at radius 3 is 2.45 bits per heavy atom. The lowest BCUT2D eigenvalue weighted by Crippen LogP contribution is -2.15. The van der Waals surface area contributed by atoms with E-state index in [0.29, 0.717) is 38.6 Å². The number of hydrogen-bond acceptors (Lipinski definition) is 5. The first-order valence-corrected chi connectivity index (χ1v) is 9.78. The number of ether oxygens (including phenoxy) is 1. The summed E-state index contributed by atoms with van der Waals surface area (Å²) < 4.78 is 24.1. The number of carbonyl (C=O) groups excluding carboxylic acids is 2. The summed E-state index contributed by atoms with van der Waals surface area (Å²) in [6.45, 7) is -0.0984. The molecule has 0 aliphatic carbocycles. The van der Waals surface area contributed by atoms with Gasteiger partial charge in [0.1, 0.15) is 17.1 Å². The number of carbonyl (C=O) groups is 2. The van der Waals surface area contributed by atoms with Crippen molar-refractivity contribution in [1.82, 2.24) is 0 Å². The van der Waals surface area contributed by atoms with Crippen LogP contribution in [-0.2, 0) is 0 Å². The van der Waals surface area contributed by atoms with Gasteiger partial charge in [-0.15, -0.1) is 0 Å². The molecule has 1 aromatic heterocycles. The van der Waals surface area contributed by atoms with Gasteiger partial charge in [-0.3, -0.25) is 9.59 Å². The highest BCUT2D eigenvalue weighted by atomic mass is 35.5. The number of nitrogens with one attached hydrogen (secondary N) is 1. The number of Topliss-reactive ketones (excluding diaryl/α,β-unsaturated/α-hetero) is 1. The van der Waals surface area contributed by atoms with Crippen molar-refractivity contribution in [3.63, 3.8) is 0 Å². The highest BCUT2D eigenvalue weighted by Gasteiger charge is 2.23. The van der Waals surface area contributed by atoms with Crippen molar-refractivity contribution in [3.05, 3.63) is 94.5 Å². The molecule has 7 heteroatoms. The lowest BCUT2D eigenvalue weighted by Gasteiger charge is -2.08. The smallest absolute Gasteiger partial charge is 0.230 e. The second-order valence-corrected chi connectivity index (χ2v) is 7.17. The molecule has 4 aromatic rings. The molecule has 0 saturated heterocycles. The zero-order valence-corrected chi connectivity index (χ0v) is 17.2. The van der Waals surface area contributed by atoms with E-state index < -0.39 is 11.6 Å². The van der Waals surface area contributed by atoms with Crippen LogP contribution in [-0.4, -0.2) is 25.2 Å². The van der Waals surface area contributed by atoms with Gasteiger partial charge < -0.3 is 14.5 Å². The number of methoxy groups -OCH3 is 1. The largest absolute Gasteiger partial charge is 0.495 e. The van der Waals surface area contributed by atoms with Crippen LogP contribution in [0.4, 0.5) is 10.1 Å². The Labute approximate surface area is 182 Å². The second kappa shape index (κ2) is 8.62. The van der Waals surface area contributed by atoms with Gasteiger partial charge in [0.15, 0.2) is 11.5 Å². The minimum Gasteiger partial charge on any atom is -0.495 e.